The maximum absolute atomic E-state index is 13.0. The van der Waals surface area contributed by atoms with E-state index in [2.05, 4.69) is 65.4 Å². The van der Waals surface area contributed by atoms with Crippen molar-refractivity contribution in [3.63, 3.8) is 0 Å². The zero-order valence-corrected chi connectivity index (χ0v) is 19.0. The lowest BCUT2D eigenvalue weighted by Gasteiger charge is -2.29. The van der Waals surface area contributed by atoms with Crippen LogP contribution in [0.25, 0.3) is 0 Å². The van der Waals surface area contributed by atoms with Crippen LogP contribution >= 0.6 is 0 Å². The molecule has 0 unspecified atom stereocenters. The third kappa shape index (κ3) is 5.66. The van der Waals surface area contributed by atoms with Gasteiger partial charge in [0, 0.05) is 37.1 Å². The predicted molar refractivity (Wildman–Crippen MR) is 127 cm³/mol. The van der Waals surface area contributed by atoms with Gasteiger partial charge in [0.2, 0.25) is 5.91 Å². The molecule has 5 nitrogen and oxygen atoms in total. The summed E-state index contributed by atoms with van der Waals surface area (Å²) in [4.78, 5) is 17.7. The average molecular weight is 422 g/mol. The SMILES string of the molecule is CC(C)c1ccc(CN(C2CC2)[C@H](C)C(=O)Nc2ccc(N3CCOCC3)cc2)cc1. The van der Waals surface area contributed by atoms with Crippen LogP contribution in [0.1, 0.15) is 50.7 Å². The van der Waals surface area contributed by atoms with Crippen molar-refractivity contribution < 1.29 is 9.53 Å². The number of benzene rings is 2. The molecule has 1 atom stereocenters. The van der Waals surface area contributed by atoms with Crippen LogP contribution in [-0.4, -0.2) is 49.2 Å². The third-order valence-corrected chi connectivity index (χ3v) is 6.42. The van der Waals surface area contributed by atoms with Crippen LogP contribution in [0.15, 0.2) is 48.5 Å². The molecule has 1 aliphatic heterocycles. The number of anilines is 2. The van der Waals surface area contributed by atoms with Crippen molar-refractivity contribution in [3.05, 3.63) is 59.7 Å². The number of carbonyl (C=O) groups excluding carboxylic acids is 1. The zero-order chi connectivity index (χ0) is 21.8. The van der Waals surface area contributed by atoms with Crippen LogP contribution in [-0.2, 0) is 16.1 Å². The summed E-state index contributed by atoms with van der Waals surface area (Å²) < 4.78 is 5.43. The first-order valence-corrected chi connectivity index (χ1v) is 11.6. The van der Waals surface area contributed by atoms with Gasteiger partial charge in [0.05, 0.1) is 19.3 Å². The van der Waals surface area contributed by atoms with Gasteiger partial charge in [0.15, 0.2) is 0 Å². The molecule has 166 valence electrons. The molecule has 1 aliphatic carbocycles. The van der Waals surface area contributed by atoms with E-state index in [0.717, 1.165) is 38.5 Å². The first-order valence-electron chi connectivity index (χ1n) is 11.6. The summed E-state index contributed by atoms with van der Waals surface area (Å²) in [5, 5.41) is 3.12. The monoisotopic (exact) mass is 421 g/mol. The largest absolute Gasteiger partial charge is 0.378 e. The summed E-state index contributed by atoms with van der Waals surface area (Å²) in [6.07, 6.45) is 2.35. The van der Waals surface area contributed by atoms with Crippen molar-refractivity contribution in [1.82, 2.24) is 4.90 Å². The summed E-state index contributed by atoms with van der Waals surface area (Å²) in [5.41, 5.74) is 4.66. The standard InChI is InChI=1S/C26H35N3O2/c1-19(2)22-6-4-21(5-7-22)18-29(25-12-13-25)20(3)26(30)27-23-8-10-24(11-9-23)28-14-16-31-17-15-28/h4-11,19-20,25H,12-18H2,1-3H3,(H,27,30)/t20-/m1/s1. The molecule has 31 heavy (non-hydrogen) atoms. The maximum atomic E-state index is 13.0. The van der Waals surface area contributed by atoms with E-state index in [1.54, 1.807) is 0 Å². The Hall–Kier alpha value is -2.37. The highest BCUT2D eigenvalue weighted by atomic mass is 16.5. The van der Waals surface area contributed by atoms with E-state index in [0.29, 0.717) is 12.0 Å². The molecular formula is C26H35N3O2. The summed E-state index contributed by atoms with van der Waals surface area (Å²) >= 11 is 0. The summed E-state index contributed by atoms with van der Waals surface area (Å²) in [5.74, 6) is 0.595. The molecule has 1 N–H and O–H groups in total. The van der Waals surface area contributed by atoms with Crippen LogP contribution in [0.2, 0.25) is 0 Å². The quantitative estimate of drug-likeness (QED) is 0.675. The normalized spacial score (nSPS) is 17.8. The van der Waals surface area contributed by atoms with E-state index >= 15 is 0 Å². The van der Waals surface area contributed by atoms with E-state index in [-0.39, 0.29) is 11.9 Å². The van der Waals surface area contributed by atoms with Crippen LogP contribution in [0, 0.1) is 0 Å². The molecule has 1 saturated carbocycles. The molecule has 0 spiro atoms. The summed E-state index contributed by atoms with van der Waals surface area (Å²) in [6.45, 7) is 10.6. The van der Waals surface area contributed by atoms with Gasteiger partial charge in [-0.05, 0) is 61.1 Å². The molecule has 1 amide bonds. The number of nitrogens with zero attached hydrogens (tertiary/aromatic N) is 2. The van der Waals surface area contributed by atoms with Crippen LogP contribution in [0.5, 0.6) is 0 Å². The number of hydrogen-bond donors (Lipinski definition) is 1. The molecule has 0 bridgehead atoms. The lowest BCUT2D eigenvalue weighted by atomic mass is 10.0. The highest BCUT2D eigenvalue weighted by molar-refractivity contribution is 5.94. The van der Waals surface area contributed by atoms with Crippen molar-refractivity contribution in [1.29, 1.82) is 0 Å². The van der Waals surface area contributed by atoms with Gasteiger partial charge in [-0.3, -0.25) is 9.69 Å². The van der Waals surface area contributed by atoms with Gasteiger partial charge in [-0.1, -0.05) is 38.1 Å². The topological polar surface area (TPSA) is 44.8 Å². The predicted octanol–water partition coefficient (Wildman–Crippen LogP) is 4.64. The molecule has 2 aliphatic rings. The number of hydrogen-bond acceptors (Lipinski definition) is 4. The van der Waals surface area contributed by atoms with Gasteiger partial charge in [0.1, 0.15) is 0 Å². The minimum Gasteiger partial charge on any atom is -0.378 e. The Morgan fingerprint density at radius 1 is 1.03 bits per heavy atom. The Labute approximate surface area is 186 Å². The molecule has 4 rings (SSSR count). The second kappa shape index (κ2) is 9.84. The highest BCUT2D eigenvalue weighted by Crippen LogP contribution is 2.31. The third-order valence-electron chi connectivity index (χ3n) is 6.42. The Bertz CT molecular complexity index is 853. The smallest absolute Gasteiger partial charge is 0.241 e. The van der Waals surface area contributed by atoms with Gasteiger partial charge in [0.25, 0.3) is 0 Å². The molecular weight excluding hydrogens is 386 g/mol. The number of rotatable bonds is 8. The minimum absolute atomic E-state index is 0.0600. The number of amides is 1. The van der Waals surface area contributed by atoms with E-state index < -0.39 is 0 Å². The van der Waals surface area contributed by atoms with Crippen molar-refractivity contribution in [2.24, 2.45) is 0 Å². The number of ether oxygens (including phenoxy) is 1. The first-order chi connectivity index (χ1) is 15.0. The van der Waals surface area contributed by atoms with Crippen LogP contribution < -0.4 is 10.2 Å². The second-order valence-corrected chi connectivity index (χ2v) is 9.11. The Balaban J connectivity index is 1.37. The maximum Gasteiger partial charge on any atom is 0.241 e. The molecule has 5 heteroatoms. The molecule has 2 aromatic carbocycles. The van der Waals surface area contributed by atoms with Gasteiger partial charge in [-0.25, -0.2) is 0 Å². The van der Waals surface area contributed by atoms with E-state index in [4.69, 9.17) is 4.74 Å². The lowest BCUT2D eigenvalue weighted by Crippen LogP contribution is -2.43. The van der Waals surface area contributed by atoms with E-state index in [1.807, 2.05) is 19.1 Å². The van der Waals surface area contributed by atoms with Crippen LogP contribution in [0.4, 0.5) is 11.4 Å². The molecule has 1 saturated heterocycles. The lowest BCUT2D eigenvalue weighted by molar-refractivity contribution is -0.121. The van der Waals surface area contributed by atoms with E-state index in [9.17, 15) is 4.79 Å². The van der Waals surface area contributed by atoms with Gasteiger partial charge in [-0.2, -0.15) is 0 Å². The highest BCUT2D eigenvalue weighted by Gasteiger charge is 2.35. The summed E-state index contributed by atoms with van der Waals surface area (Å²) in [7, 11) is 0. The molecule has 2 fully saturated rings. The van der Waals surface area contributed by atoms with Crippen molar-refractivity contribution in [2.75, 3.05) is 36.5 Å². The van der Waals surface area contributed by atoms with Crippen molar-refractivity contribution >= 4 is 17.3 Å². The number of morpholine rings is 1. The zero-order valence-electron chi connectivity index (χ0n) is 19.0. The Morgan fingerprint density at radius 2 is 1.68 bits per heavy atom. The molecule has 2 aromatic rings. The number of carbonyl (C=O) groups is 1. The Morgan fingerprint density at radius 3 is 2.26 bits per heavy atom. The number of nitrogens with one attached hydrogen (secondary N) is 1. The molecule has 0 aromatic heterocycles. The van der Waals surface area contributed by atoms with Crippen molar-refractivity contribution in [2.45, 2.75) is 58.2 Å². The average Bonchev–Trinajstić information content (AvgIpc) is 3.64. The van der Waals surface area contributed by atoms with Gasteiger partial charge in [-0.15, -0.1) is 0 Å². The fourth-order valence-electron chi connectivity index (χ4n) is 4.18. The molecule has 0 radical (unpaired) electrons. The first kappa shape index (κ1) is 21.8. The van der Waals surface area contributed by atoms with E-state index in [1.165, 1.54) is 29.7 Å². The van der Waals surface area contributed by atoms with Crippen LogP contribution in [0.3, 0.4) is 0 Å². The van der Waals surface area contributed by atoms with Gasteiger partial charge < -0.3 is 15.0 Å². The van der Waals surface area contributed by atoms with Gasteiger partial charge >= 0.3 is 0 Å². The molecule has 1 heterocycles. The van der Waals surface area contributed by atoms with Crippen molar-refractivity contribution in [3.8, 4) is 0 Å². The fraction of sp³-hybridized carbons (Fsp3) is 0.500. The fourth-order valence-corrected chi connectivity index (χ4v) is 4.18. The summed E-state index contributed by atoms with van der Waals surface area (Å²) in [6, 6.07) is 17.4. The minimum atomic E-state index is -0.170. The second-order valence-electron chi connectivity index (χ2n) is 9.11. The Kier molecular flexibility index (Phi) is 6.93.